The summed E-state index contributed by atoms with van der Waals surface area (Å²) in [6, 6.07) is 5.73. The number of furan rings is 1. The Morgan fingerprint density at radius 2 is 2.40 bits per heavy atom. The van der Waals surface area contributed by atoms with Gasteiger partial charge < -0.3 is 14.5 Å². The SMILES string of the molecule is O=C(N[C@H]1CCO[C@@]2(CCN(Cc3ccoc3)C2)C1)c1cccnc1. The Morgan fingerprint density at radius 1 is 1.44 bits per heavy atom. The molecular formula is C19H23N3O3. The monoisotopic (exact) mass is 341 g/mol. The highest BCUT2D eigenvalue weighted by Gasteiger charge is 2.43. The minimum absolute atomic E-state index is 0.0524. The van der Waals surface area contributed by atoms with Gasteiger partial charge in [-0.15, -0.1) is 0 Å². The molecule has 2 saturated heterocycles. The first-order valence-electron chi connectivity index (χ1n) is 8.81. The third-order valence-electron chi connectivity index (χ3n) is 5.13. The van der Waals surface area contributed by atoms with Crippen molar-refractivity contribution in [3.63, 3.8) is 0 Å². The van der Waals surface area contributed by atoms with Crippen LogP contribution in [0.1, 0.15) is 35.2 Å². The van der Waals surface area contributed by atoms with Gasteiger partial charge in [-0.25, -0.2) is 0 Å². The summed E-state index contributed by atoms with van der Waals surface area (Å²) in [5.41, 5.74) is 1.65. The Labute approximate surface area is 147 Å². The van der Waals surface area contributed by atoms with Crippen LogP contribution in [0, 0.1) is 0 Å². The number of aromatic nitrogens is 1. The summed E-state index contributed by atoms with van der Waals surface area (Å²) in [5.74, 6) is -0.0524. The second kappa shape index (κ2) is 6.98. The molecule has 0 unspecified atom stereocenters. The molecule has 0 aliphatic carbocycles. The van der Waals surface area contributed by atoms with Crippen molar-refractivity contribution in [1.82, 2.24) is 15.2 Å². The van der Waals surface area contributed by atoms with Crippen molar-refractivity contribution in [2.24, 2.45) is 0 Å². The summed E-state index contributed by atoms with van der Waals surface area (Å²) in [6.07, 6.45) is 9.51. The average molecular weight is 341 g/mol. The number of carbonyl (C=O) groups is 1. The molecule has 0 aromatic carbocycles. The average Bonchev–Trinajstić information content (AvgIpc) is 3.27. The molecule has 132 valence electrons. The lowest BCUT2D eigenvalue weighted by atomic mass is 9.89. The van der Waals surface area contributed by atoms with Crippen molar-refractivity contribution in [1.29, 1.82) is 0 Å². The summed E-state index contributed by atoms with van der Waals surface area (Å²) in [5, 5.41) is 3.15. The number of rotatable bonds is 4. The van der Waals surface area contributed by atoms with Gasteiger partial charge in [0.15, 0.2) is 0 Å². The fraction of sp³-hybridized carbons (Fsp3) is 0.474. The Bertz CT molecular complexity index is 704. The second-order valence-corrected chi connectivity index (χ2v) is 7.03. The predicted octanol–water partition coefficient (Wildman–Crippen LogP) is 2.23. The standard InChI is InChI=1S/C19H23N3O3/c23-18(16-2-1-6-20-11-16)21-17-4-9-25-19(10-17)5-7-22(14-19)12-15-3-8-24-13-15/h1-3,6,8,11,13,17H,4-5,7,9-10,12,14H2,(H,21,23)/t17-,19-/m0/s1. The first-order chi connectivity index (χ1) is 12.2. The van der Waals surface area contributed by atoms with Crippen molar-refractivity contribution >= 4 is 5.91 Å². The molecule has 2 aromatic rings. The van der Waals surface area contributed by atoms with Gasteiger partial charge in [0.2, 0.25) is 0 Å². The van der Waals surface area contributed by atoms with E-state index in [4.69, 9.17) is 9.15 Å². The minimum Gasteiger partial charge on any atom is -0.472 e. The number of amides is 1. The van der Waals surface area contributed by atoms with Crippen molar-refractivity contribution in [2.45, 2.75) is 37.5 Å². The van der Waals surface area contributed by atoms with Crippen LogP contribution < -0.4 is 5.32 Å². The maximum absolute atomic E-state index is 12.4. The van der Waals surface area contributed by atoms with E-state index in [1.807, 2.05) is 6.07 Å². The van der Waals surface area contributed by atoms with Gasteiger partial charge in [0.25, 0.3) is 5.91 Å². The molecule has 2 aromatic heterocycles. The summed E-state index contributed by atoms with van der Waals surface area (Å²) < 4.78 is 11.3. The normalized spacial score (nSPS) is 26.8. The smallest absolute Gasteiger partial charge is 0.253 e. The maximum Gasteiger partial charge on any atom is 0.253 e. The van der Waals surface area contributed by atoms with Gasteiger partial charge in [-0.1, -0.05) is 0 Å². The van der Waals surface area contributed by atoms with Crippen LogP contribution in [0.2, 0.25) is 0 Å². The molecule has 2 atom stereocenters. The molecule has 2 aliphatic rings. The number of hydrogen-bond acceptors (Lipinski definition) is 5. The van der Waals surface area contributed by atoms with Gasteiger partial charge in [0.1, 0.15) is 0 Å². The lowest BCUT2D eigenvalue weighted by Gasteiger charge is -2.38. The van der Waals surface area contributed by atoms with Crippen LogP contribution in [0.25, 0.3) is 0 Å². The van der Waals surface area contributed by atoms with Gasteiger partial charge in [0, 0.05) is 50.2 Å². The highest BCUT2D eigenvalue weighted by Crippen LogP contribution is 2.35. The molecule has 1 spiro atoms. The Balaban J connectivity index is 1.35. The van der Waals surface area contributed by atoms with E-state index in [1.165, 1.54) is 5.56 Å². The van der Waals surface area contributed by atoms with Crippen molar-refractivity contribution in [3.8, 4) is 0 Å². The zero-order valence-electron chi connectivity index (χ0n) is 14.2. The molecule has 6 heteroatoms. The molecule has 4 rings (SSSR count). The summed E-state index contributed by atoms with van der Waals surface area (Å²) in [7, 11) is 0. The van der Waals surface area contributed by atoms with E-state index in [-0.39, 0.29) is 17.6 Å². The Morgan fingerprint density at radius 3 is 3.20 bits per heavy atom. The number of likely N-dealkylation sites (tertiary alicyclic amines) is 1. The van der Waals surface area contributed by atoms with Gasteiger partial charge >= 0.3 is 0 Å². The summed E-state index contributed by atoms with van der Waals surface area (Å²) in [4.78, 5) is 18.8. The van der Waals surface area contributed by atoms with Gasteiger partial charge in [-0.05, 0) is 37.5 Å². The van der Waals surface area contributed by atoms with Crippen molar-refractivity contribution < 1.29 is 13.9 Å². The van der Waals surface area contributed by atoms with E-state index in [9.17, 15) is 4.79 Å². The zero-order chi connectivity index (χ0) is 17.1. The van der Waals surface area contributed by atoms with Crippen LogP contribution in [-0.2, 0) is 11.3 Å². The third-order valence-corrected chi connectivity index (χ3v) is 5.13. The quantitative estimate of drug-likeness (QED) is 0.924. The molecule has 0 radical (unpaired) electrons. The number of hydrogen-bond donors (Lipinski definition) is 1. The minimum atomic E-state index is -0.144. The van der Waals surface area contributed by atoms with E-state index < -0.39 is 0 Å². The largest absolute Gasteiger partial charge is 0.472 e. The summed E-state index contributed by atoms with van der Waals surface area (Å²) in [6.45, 7) is 3.48. The van der Waals surface area contributed by atoms with E-state index in [2.05, 4.69) is 15.2 Å². The van der Waals surface area contributed by atoms with E-state index in [0.29, 0.717) is 12.2 Å². The van der Waals surface area contributed by atoms with Gasteiger partial charge in [-0.3, -0.25) is 14.7 Å². The van der Waals surface area contributed by atoms with Crippen LogP contribution in [0.15, 0.2) is 47.5 Å². The van der Waals surface area contributed by atoms with Gasteiger partial charge in [0.05, 0.1) is 23.7 Å². The number of nitrogens with one attached hydrogen (secondary N) is 1. The number of ether oxygens (including phenoxy) is 1. The lowest BCUT2D eigenvalue weighted by molar-refractivity contribution is -0.0793. The molecular weight excluding hydrogens is 318 g/mol. The van der Waals surface area contributed by atoms with Gasteiger partial charge in [-0.2, -0.15) is 0 Å². The molecule has 1 amide bonds. The molecule has 25 heavy (non-hydrogen) atoms. The van der Waals surface area contributed by atoms with Crippen LogP contribution >= 0.6 is 0 Å². The van der Waals surface area contributed by atoms with Crippen molar-refractivity contribution in [3.05, 3.63) is 54.2 Å². The molecule has 4 heterocycles. The van der Waals surface area contributed by atoms with E-state index >= 15 is 0 Å². The molecule has 1 N–H and O–H groups in total. The fourth-order valence-electron chi connectivity index (χ4n) is 3.90. The predicted molar refractivity (Wildman–Crippen MR) is 92.0 cm³/mol. The fourth-order valence-corrected chi connectivity index (χ4v) is 3.90. The van der Waals surface area contributed by atoms with Crippen LogP contribution in [0.3, 0.4) is 0 Å². The number of carbonyl (C=O) groups excluding carboxylic acids is 1. The van der Waals surface area contributed by atoms with Crippen molar-refractivity contribution in [2.75, 3.05) is 19.7 Å². The van der Waals surface area contributed by atoms with E-state index in [1.54, 1.807) is 37.1 Å². The lowest BCUT2D eigenvalue weighted by Crippen LogP contribution is -2.49. The molecule has 6 nitrogen and oxygen atoms in total. The highest BCUT2D eigenvalue weighted by atomic mass is 16.5. The molecule has 0 saturated carbocycles. The summed E-state index contributed by atoms with van der Waals surface area (Å²) >= 11 is 0. The highest BCUT2D eigenvalue weighted by molar-refractivity contribution is 5.94. The van der Waals surface area contributed by atoms with Crippen LogP contribution in [-0.4, -0.2) is 47.1 Å². The number of pyridine rings is 1. The molecule has 2 aliphatic heterocycles. The Hall–Kier alpha value is -2.18. The molecule has 2 fully saturated rings. The maximum atomic E-state index is 12.4. The Kier molecular flexibility index (Phi) is 4.55. The topological polar surface area (TPSA) is 67.6 Å². The second-order valence-electron chi connectivity index (χ2n) is 7.03. The molecule has 0 bridgehead atoms. The van der Waals surface area contributed by atoms with E-state index in [0.717, 1.165) is 38.9 Å². The number of nitrogens with zero attached hydrogens (tertiary/aromatic N) is 2. The first kappa shape index (κ1) is 16.3. The third kappa shape index (κ3) is 3.75. The van der Waals surface area contributed by atoms with Crippen LogP contribution in [0.4, 0.5) is 0 Å². The zero-order valence-corrected chi connectivity index (χ0v) is 14.2. The first-order valence-corrected chi connectivity index (χ1v) is 8.81. The van der Waals surface area contributed by atoms with Crippen LogP contribution in [0.5, 0.6) is 0 Å².